The summed E-state index contributed by atoms with van der Waals surface area (Å²) in [6, 6.07) is 10.3. The first-order valence-corrected chi connectivity index (χ1v) is 7.26. The van der Waals surface area contributed by atoms with Crippen LogP contribution in [0.1, 0.15) is 22.8 Å². The van der Waals surface area contributed by atoms with E-state index in [0.29, 0.717) is 10.0 Å². The molecule has 1 unspecified atom stereocenters. The van der Waals surface area contributed by atoms with Crippen molar-refractivity contribution in [1.29, 1.82) is 0 Å². The lowest BCUT2D eigenvalue weighted by Gasteiger charge is -2.15. The van der Waals surface area contributed by atoms with E-state index in [0.717, 1.165) is 0 Å². The minimum Gasteiger partial charge on any atom is -0.349 e. The SMILES string of the molecule is CC(Cc1c(F)cccc1F)NC(=O)c1ccccc1Br. The van der Waals surface area contributed by atoms with Crippen LogP contribution in [0.2, 0.25) is 0 Å². The largest absolute Gasteiger partial charge is 0.349 e. The third kappa shape index (κ3) is 3.88. The van der Waals surface area contributed by atoms with Gasteiger partial charge in [-0.1, -0.05) is 18.2 Å². The molecule has 2 aromatic rings. The van der Waals surface area contributed by atoms with E-state index < -0.39 is 17.7 Å². The molecule has 0 bridgehead atoms. The van der Waals surface area contributed by atoms with Gasteiger partial charge in [0.25, 0.3) is 5.91 Å². The molecule has 21 heavy (non-hydrogen) atoms. The molecule has 0 heterocycles. The Hall–Kier alpha value is -1.75. The third-order valence-electron chi connectivity index (χ3n) is 3.07. The molecule has 0 aliphatic heterocycles. The Balaban J connectivity index is 2.07. The van der Waals surface area contributed by atoms with E-state index in [9.17, 15) is 13.6 Å². The topological polar surface area (TPSA) is 29.1 Å². The molecule has 2 nitrogen and oxygen atoms in total. The van der Waals surface area contributed by atoms with Crippen molar-refractivity contribution in [3.8, 4) is 0 Å². The number of rotatable bonds is 4. The summed E-state index contributed by atoms with van der Waals surface area (Å²) in [6.45, 7) is 1.71. The molecule has 0 aromatic heterocycles. The Kier molecular flexibility index (Phi) is 5.07. The Morgan fingerprint density at radius 1 is 1.14 bits per heavy atom. The number of benzene rings is 2. The molecule has 1 atom stereocenters. The van der Waals surface area contributed by atoms with Crippen LogP contribution in [0.4, 0.5) is 8.78 Å². The van der Waals surface area contributed by atoms with Crippen molar-refractivity contribution in [3.63, 3.8) is 0 Å². The molecular formula is C16H14BrF2NO. The number of carbonyl (C=O) groups is 1. The van der Waals surface area contributed by atoms with Crippen molar-refractivity contribution in [3.05, 3.63) is 69.7 Å². The van der Waals surface area contributed by atoms with Gasteiger partial charge in [0.2, 0.25) is 0 Å². The first-order chi connectivity index (χ1) is 9.99. The molecule has 5 heteroatoms. The molecule has 2 rings (SSSR count). The molecule has 0 aliphatic rings. The van der Waals surface area contributed by atoms with E-state index in [-0.39, 0.29) is 17.9 Å². The van der Waals surface area contributed by atoms with E-state index in [1.807, 2.05) is 0 Å². The zero-order valence-corrected chi connectivity index (χ0v) is 13.0. The fourth-order valence-electron chi connectivity index (χ4n) is 2.03. The average Bonchev–Trinajstić information content (AvgIpc) is 2.43. The first-order valence-electron chi connectivity index (χ1n) is 6.47. The van der Waals surface area contributed by atoms with E-state index >= 15 is 0 Å². The lowest BCUT2D eigenvalue weighted by atomic mass is 10.1. The van der Waals surface area contributed by atoms with Crippen LogP contribution in [0, 0.1) is 11.6 Å². The van der Waals surface area contributed by atoms with Crippen LogP contribution in [0.25, 0.3) is 0 Å². The maximum absolute atomic E-state index is 13.6. The number of nitrogens with one attached hydrogen (secondary N) is 1. The predicted octanol–water partition coefficient (Wildman–Crippen LogP) is 4.09. The van der Waals surface area contributed by atoms with Crippen LogP contribution in [0.3, 0.4) is 0 Å². The molecule has 0 saturated heterocycles. The maximum Gasteiger partial charge on any atom is 0.252 e. The number of hydrogen-bond donors (Lipinski definition) is 1. The summed E-state index contributed by atoms with van der Waals surface area (Å²) in [7, 11) is 0. The van der Waals surface area contributed by atoms with E-state index in [1.54, 1.807) is 31.2 Å². The van der Waals surface area contributed by atoms with Crippen LogP contribution in [0.5, 0.6) is 0 Å². The standard InChI is InChI=1S/C16H14BrF2NO/c1-10(9-12-14(18)7-4-8-15(12)19)20-16(21)11-5-2-3-6-13(11)17/h2-8,10H,9H2,1H3,(H,20,21). The normalized spacial score (nSPS) is 12.0. The second-order valence-corrected chi connectivity index (χ2v) is 5.61. The predicted molar refractivity (Wildman–Crippen MR) is 81.1 cm³/mol. The Morgan fingerprint density at radius 3 is 2.38 bits per heavy atom. The number of halogens is 3. The highest BCUT2D eigenvalue weighted by atomic mass is 79.9. The molecule has 0 aliphatic carbocycles. The van der Waals surface area contributed by atoms with Crippen LogP contribution in [-0.2, 0) is 6.42 Å². The zero-order chi connectivity index (χ0) is 15.4. The van der Waals surface area contributed by atoms with Gasteiger partial charge in [-0.25, -0.2) is 8.78 Å². The van der Waals surface area contributed by atoms with Crippen molar-refractivity contribution in [2.75, 3.05) is 0 Å². The Bertz CT molecular complexity index is 640. The smallest absolute Gasteiger partial charge is 0.252 e. The fraction of sp³-hybridized carbons (Fsp3) is 0.188. The zero-order valence-electron chi connectivity index (χ0n) is 11.4. The highest BCUT2D eigenvalue weighted by Crippen LogP contribution is 2.17. The summed E-state index contributed by atoms with van der Waals surface area (Å²) >= 11 is 3.30. The van der Waals surface area contributed by atoms with Crippen molar-refractivity contribution in [1.82, 2.24) is 5.32 Å². The number of amides is 1. The van der Waals surface area contributed by atoms with E-state index in [4.69, 9.17) is 0 Å². The number of hydrogen-bond acceptors (Lipinski definition) is 1. The minimum absolute atomic E-state index is 0.0163. The summed E-state index contributed by atoms with van der Waals surface area (Å²) < 4.78 is 27.8. The lowest BCUT2D eigenvalue weighted by molar-refractivity contribution is 0.0939. The van der Waals surface area contributed by atoms with Crippen LogP contribution in [-0.4, -0.2) is 11.9 Å². The van der Waals surface area contributed by atoms with Gasteiger partial charge in [0.05, 0.1) is 5.56 Å². The maximum atomic E-state index is 13.6. The Morgan fingerprint density at radius 2 is 1.76 bits per heavy atom. The lowest BCUT2D eigenvalue weighted by Crippen LogP contribution is -2.34. The third-order valence-corrected chi connectivity index (χ3v) is 3.76. The summed E-state index contributed by atoms with van der Waals surface area (Å²) in [5, 5.41) is 2.74. The van der Waals surface area contributed by atoms with Gasteiger partial charge in [-0.05, 0) is 53.5 Å². The van der Waals surface area contributed by atoms with Gasteiger partial charge < -0.3 is 5.32 Å². The van der Waals surface area contributed by atoms with Crippen molar-refractivity contribution in [2.24, 2.45) is 0 Å². The molecule has 0 spiro atoms. The van der Waals surface area contributed by atoms with Gasteiger partial charge >= 0.3 is 0 Å². The average molecular weight is 354 g/mol. The van der Waals surface area contributed by atoms with Crippen molar-refractivity contribution < 1.29 is 13.6 Å². The van der Waals surface area contributed by atoms with Gasteiger partial charge in [-0.15, -0.1) is 0 Å². The molecule has 0 radical (unpaired) electrons. The molecule has 110 valence electrons. The van der Waals surface area contributed by atoms with Crippen molar-refractivity contribution in [2.45, 2.75) is 19.4 Å². The molecule has 1 N–H and O–H groups in total. The van der Waals surface area contributed by atoms with Gasteiger partial charge in [0.1, 0.15) is 11.6 Å². The van der Waals surface area contributed by atoms with Crippen molar-refractivity contribution >= 4 is 21.8 Å². The summed E-state index contributed by atoms with van der Waals surface area (Å²) in [4.78, 5) is 12.1. The van der Waals surface area contributed by atoms with E-state index in [2.05, 4.69) is 21.2 Å². The molecule has 0 fully saturated rings. The number of carbonyl (C=O) groups excluding carboxylic acids is 1. The minimum atomic E-state index is -0.600. The highest BCUT2D eigenvalue weighted by Gasteiger charge is 2.16. The second-order valence-electron chi connectivity index (χ2n) is 4.76. The van der Waals surface area contributed by atoms with Crippen LogP contribution >= 0.6 is 15.9 Å². The van der Waals surface area contributed by atoms with Gasteiger partial charge in [-0.2, -0.15) is 0 Å². The quantitative estimate of drug-likeness (QED) is 0.881. The fourth-order valence-corrected chi connectivity index (χ4v) is 2.50. The van der Waals surface area contributed by atoms with E-state index in [1.165, 1.54) is 18.2 Å². The Labute approximate surface area is 130 Å². The summed E-state index contributed by atoms with van der Waals surface area (Å²) in [5.41, 5.74) is 0.468. The van der Waals surface area contributed by atoms with Crippen LogP contribution in [0.15, 0.2) is 46.9 Å². The summed E-state index contributed by atoms with van der Waals surface area (Å²) in [6.07, 6.45) is 0.0920. The van der Waals surface area contributed by atoms with Gasteiger partial charge in [-0.3, -0.25) is 4.79 Å². The molecule has 1 amide bonds. The monoisotopic (exact) mass is 353 g/mol. The molecule has 0 saturated carbocycles. The second kappa shape index (κ2) is 6.80. The summed E-state index contributed by atoms with van der Waals surface area (Å²) in [5.74, 6) is -1.49. The first kappa shape index (κ1) is 15.6. The highest BCUT2D eigenvalue weighted by molar-refractivity contribution is 9.10. The van der Waals surface area contributed by atoms with Crippen LogP contribution < -0.4 is 5.32 Å². The van der Waals surface area contributed by atoms with Gasteiger partial charge in [0, 0.05) is 16.1 Å². The molecular weight excluding hydrogens is 340 g/mol. The van der Waals surface area contributed by atoms with Gasteiger partial charge in [0.15, 0.2) is 0 Å². The molecule has 2 aromatic carbocycles.